The van der Waals surface area contributed by atoms with Crippen LogP contribution in [0, 0.1) is 0 Å². The average Bonchev–Trinajstić information content (AvgIpc) is 2.04. The minimum atomic E-state index is -2.50. The lowest BCUT2D eigenvalue weighted by Crippen LogP contribution is -2.59. The highest BCUT2D eigenvalue weighted by atomic mass is 19.3. The molecule has 0 radical (unpaired) electrons. The maximum atomic E-state index is 12.0. The van der Waals surface area contributed by atoms with E-state index in [0.29, 0.717) is 0 Å². The number of halogens is 4. The number of rotatable bonds is 2. The predicted octanol–water partition coefficient (Wildman–Crippen LogP) is 0.447. The van der Waals surface area contributed by atoms with Crippen molar-refractivity contribution in [2.45, 2.75) is 24.9 Å². The molecule has 0 saturated carbocycles. The first-order valence-corrected chi connectivity index (χ1v) is 3.64. The second kappa shape index (κ2) is 4.04. The SMILES string of the molecule is FC(F)C1CNC(C(F)F)CN1. The molecular weight excluding hydrogens is 176 g/mol. The van der Waals surface area contributed by atoms with Crippen LogP contribution in [0.4, 0.5) is 17.6 Å². The van der Waals surface area contributed by atoms with Crippen LogP contribution >= 0.6 is 0 Å². The third kappa shape index (κ3) is 2.31. The van der Waals surface area contributed by atoms with Crippen LogP contribution in [0.1, 0.15) is 0 Å². The van der Waals surface area contributed by atoms with Crippen LogP contribution in [0.3, 0.4) is 0 Å². The van der Waals surface area contributed by atoms with Crippen LogP contribution in [-0.2, 0) is 0 Å². The van der Waals surface area contributed by atoms with Gasteiger partial charge >= 0.3 is 0 Å². The van der Waals surface area contributed by atoms with E-state index in [4.69, 9.17) is 0 Å². The van der Waals surface area contributed by atoms with Gasteiger partial charge in [0.1, 0.15) is 0 Å². The monoisotopic (exact) mass is 186 g/mol. The number of piperazine rings is 1. The van der Waals surface area contributed by atoms with Crippen molar-refractivity contribution in [2.75, 3.05) is 13.1 Å². The van der Waals surface area contributed by atoms with E-state index >= 15 is 0 Å². The Kier molecular flexibility index (Phi) is 3.28. The molecule has 6 heteroatoms. The molecule has 0 aromatic rings. The lowest BCUT2D eigenvalue weighted by Gasteiger charge is -2.30. The van der Waals surface area contributed by atoms with Crippen molar-refractivity contribution in [3.63, 3.8) is 0 Å². The summed E-state index contributed by atoms with van der Waals surface area (Å²) in [5.74, 6) is 0. The third-order valence-corrected chi connectivity index (χ3v) is 1.81. The number of nitrogens with one attached hydrogen (secondary N) is 2. The fourth-order valence-corrected chi connectivity index (χ4v) is 1.06. The van der Waals surface area contributed by atoms with Gasteiger partial charge in [-0.05, 0) is 0 Å². The standard InChI is InChI=1S/C6H10F4N2/c7-5(8)3-1-11-4(2-12-3)6(9)10/h3-6,11-12H,1-2H2. The zero-order chi connectivity index (χ0) is 9.14. The quantitative estimate of drug-likeness (QED) is 0.612. The summed E-state index contributed by atoms with van der Waals surface area (Å²) in [5.41, 5.74) is 0. The second-order valence-corrected chi connectivity index (χ2v) is 2.70. The summed E-state index contributed by atoms with van der Waals surface area (Å²) in [5, 5.41) is 4.71. The summed E-state index contributed by atoms with van der Waals surface area (Å²) in [7, 11) is 0. The summed E-state index contributed by atoms with van der Waals surface area (Å²) in [4.78, 5) is 0. The summed E-state index contributed by atoms with van der Waals surface area (Å²) in [6.07, 6.45) is -5.01. The van der Waals surface area contributed by atoms with Crippen LogP contribution in [0.25, 0.3) is 0 Å². The molecule has 0 aromatic carbocycles. The molecule has 1 fully saturated rings. The number of hydrogen-bond donors (Lipinski definition) is 2. The lowest BCUT2D eigenvalue weighted by atomic mass is 10.2. The van der Waals surface area contributed by atoms with E-state index in [2.05, 4.69) is 10.6 Å². The van der Waals surface area contributed by atoms with E-state index in [1.54, 1.807) is 0 Å². The molecule has 0 amide bonds. The fraction of sp³-hybridized carbons (Fsp3) is 1.00. The molecular formula is C6H10F4N2. The average molecular weight is 186 g/mol. The molecule has 1 rings (SSSR count). The zero-order valence-electron chi connectivity index (χ0n) is 6.24. The Bertz CT molecular complexity index is 118. The minimum absolute atomic E-state index is 0.104. The first kappa shape index (κ1) is 9.73. The highest BCUT2D eigenvalue weighted by Gasteiger charge is 2.30. The summed E-state index contributed by atoms with van der Waals surface area (Å²) < 4.78 is 47.8. The molecule has 0 aromatic heterocycles. The molecule has 2 unspecified atom stereocenters. The van der Waals surface area contributed by atoms with Crippen LogP contribution < -0.4 is 10.6 Å². The van der Waals surface area contributed by atoms with Gasteiger partial charge in [-0.3, -0.25) is 0 Å². The fourth-order valence-electron chi connectivity index (χ4n) is 1.06. The topological polar surface area (TPSA) is 24.1 Å². The molecule has 12 heavy (non-hydrogen) atoms. The molecule has 1 aliphatic rings. The highest BCUT2D eigenvalue weighted by Crippen LogP contribution is 2.08. The third-order valence-electron chi connectivity index (χ3n) is 1.81. The van der Waals surface area contributed by atoms with Crippen molar-refractivity contribution in [1.29, 1.82) is 0 Å². The normalized spacial score (nSPS) is 31.5. The Morgan fingerprint density at radius 3 is 1.33 bits per heavy atom. The van der Waals surface area contributed by atoms with Gasteiger partial charge in [0.05, 0.1) is 12.1 Å². The van der Waals surface area contributed by atoms with Gasteiger partial charge in [-0.1, -0.05) is 0 Å². The smallest absolute Gasteiger partial charge is 0.254 e. The van der Waals surface area contributed by atoms with Crippen molar-refractivity contribution in [3.8, 4) is 0 Å². The summed E-state index contributed by atoms with van der Waals surface area (Å²) in [6.45, 7) is -0.209. The van der Waals surface area contributed by atoms with Crippen molar-refractivity contribution < 1.29 is 17.6 Å². The minimum Gasteiger partial charge on any atom is -0.306 e. The Labute approximate surface area is 67.3 Å². The Morgan fingerprint density at radius 2 is 1.17 bits per heavy atom. The van der Waals surface area contributed by atoms with Gasteiger partial charge < -0.3 is 10.6 Å². The predicted molar refractivity (Wildman–Crippen MR) is 35.6 cm³/mol. The van der Waals surface area contributed by atoms with Gasteiger partial charge in [-0.2, -0.15) is 0 Å². The van der Waals surface area contributed by atoms with Crippen LogP contribution in [0.5, 0.6) is 0 Å². The van der Waals surface area contributed by atoms with E-state index in [-0.39, 0.29) is 13.1 Å². The van der Waals surface area contributed by atoms with Crippen LogP contribution in [0.15, 0.2) is 0 Å². The first-order valence-electron chi connectivity index (χ1n) is 3.64. The van der Waals surface area contributed by atoms with Crippen molar-refractivity contribution >= 4 is 0 Å². The molecule has 1 aliphatic heterocycles. The zero-order valence-corrected chi connectivity index (χ0v) is 6.24. The first-order chi connectivity index (χ1) is 5.61. The van der Waals surface area contributed by atoms with Gasteiger partial charge in [0.2, 0.25) is 0 Å². The van der Waals surface area contributed by atoms with Crippen molar-refractivity contribution in [1.82, 2.24) is 10.6 Å². The lowest BCUT2D eigenvalue weighted by molar-refractivity contribution is 0.0471. The molecule has 72 valence electrons. The molecule has 2 atom stereocenters. The molecule has 0 aliphatic carbocycles. The Morgan fingerprint density at radius 1 is 0.833 bits per heavy atom. The number of hydrogen-bond acceptors (Lipinski definition) is 2. The van der Waals surface area contributed by atoms with E-state index in [0.717, 1.165) is 0 Å². The van der Waals surface area contributed by atoms with Gasteiger partial charge in [0, 0.05) is 13.1 Å². The van der Waals surface area contributed by atoms with E-state index < -0.39 is 24.9 Å². The van der Waals surface area contributed by atoms with Crippen molar-refractivity contribution in [2.24, 2.45) is 0 Å². The van der Waals surface area contributed by atoms with Crippen LogP contribution in [-0.4, -0.2) is 38.0 Å². The summed E-state index contributed by atoms with van der Waals surface area (Å²) in [6, 6.07) is -2.00. The van der Waals surface area contributed by atoms with Crippen molar-refractivity contribution in [3.05, 3.63) is 0 Å². The molecule has 0 bridgehead atoms. The highest BCUT2D eigenvalue weighted by molar-refractivity contribution is 4.85. The van der Waals surface area contributed by atoms with Gasteiger partial charge in [0.15, 0.2) is 0 Å². The largest absolute Gasteiger partial charge is 0.306 e. The van der Waals surface area contributed by atoms with E-state index in [1.165, 1.54) is 0 Å². The molecule has 0 spiro atoms. The maximum Gasteiger partial charge on any atom is 0.254 e. The molecule has 2 N–H and O–H groups in total. The Hall–Kier alpha value is -0.360. The molecule has 2 nitrogen and oxygen atoms in total. The molecule has 1 heterocycles. The Balaban J connectivity index is 2.30. The molecule has 1 saturated heterocycles. The maximum absolute atomic E-state index is 12.0. The van der Waals surface area contributed by atoms with E-state index in [1.807, 2.05) is 0 Å². The second-order valence-electron chi connectivity index (χ2n) is 2.70. The van der Waals surface area contributed by atoms with Gasteiger partial charge in [0.25, 0.3) is 12.9 Å². The number of alkyl halides is 4. The van der Waals surface area contributed by atoms with Crippen LogP contribution in [0.2, 0.25) is 0 Å². The van der Waals surface area contributed by atoms with Gasteiger partial charge in [-0.15, -0.1) is 0 Å². The van der Waals surface area contributed by atoms with E-state index in [9.17, 15) is 17.6 Å². The van der Waals surface area contributed by atoms with Gasteiger partial charge in [-0.25, -0.2) is 17.6 Å². The summed E-state index contributed by atoms with van der Waals surface area (Å²) >= 11 is 0.